The van der Waals surface area contributed by atoms with Gasteiger partial charge in [-0.2, -0.15) is 0 Å². The second kappa shape index (κ2) is 7.46. The van der Waals surface area contributed by atoms with Crippen molar-refractivity contribution in [2.45, 2.75) is 33.1 Å². The Kier molecular flexibility index (Phi) is 5.05. The van der Waals surface area contributed by atoms with Gasteiger partial charge < -0.3 is 14.6 Å². The van der Waals surface area contributed by atoms with Crippen molar-refractivity contribution in [1.82, 2.24) is 9.97 Å². The van der Waals surface area contributed by atoms with Gasteiger partial charge in [0.25, 0.3) is 5.56 Å². The highest BCUT2D eigenvalue weighted by Gasteiger charge is 2.38. The summed E-state index contributed by atoms with van der Waals surface area (Å²) >= 11 is 1.10. The predicted octanol–water partition coefficient (Wildman–Crippen LogP) is 3.64. The van der Waals surface area contributed by atoms with Gasteiger partial charge in [-0.3, -0.25) is 9.59 Å². The van der Waals surface area contributed by atoms with Crippen molar-refractivity contribution in [2.75, 3.05) is 18.6 Å². The number of esters is 1. The van der Waals surface area contributed by atoms with Crippen molar-refractivity contribution in [1.29, 1.82) is 0 Å². The van der Waals surface area contributed by atoms with E-state index in [1.807, 2.05) is 30.1 Å². The number of hydrogen-bond donors (Lipinski definition) is 1. The Hall–Kier alpha value is -3.26. The number of H-pyrrole nitrogens is 1. The molecular formula is C23H23N3O4S. The number of rotatable bonds is 4. The minimum Gasteiger partial charge on any atom is -0.453 e. The maximum absolute atomic E-state index is 12.6. The summed E-state index contributed by atoms with van der Waals surface area (Å²) in [6.45, 7) is 7.11. The molecule has 160 valence electrons. The van der Waals surface area contributed by atoms with Gasteiger partial charge >= 0.3 is 5.97 Å². The third-order valence-electron chi connectivity index (χ3n) is 5.69. The zero-order valence-electron chi connectivity index (χ0n) is 18.0. The van der Waals surface area contributed by atoms with Gasteiger partial charge in [-0.15, -0.1) is 11.3 Å². The molecule has 8 heteroatoms. The first kappa shape index (κ1) is 21.0. The molecule has 0 saturated carbocycles. The van der Waals surface area contributed by atoms with Gasteiger partial charge in [0.1, 0.15) is 15.5 Å². The number of nitrogens with zero attached hydrogens (tertiary/aromatic N) is 2. The van der Waals surface area contributed by atoms with Crippen LogP contribution in [0.4, 0.5) is 5.69 Å². The maximum atomic E-state index is 12.6. The van der Waals surface area contributed by atoms with Crippen molar-refractivity contribution in [3.8, 4) is 0 Å². The van der Waals surface area contributed by atoms with E-state index in [2.05, 4.69) is 29.9 Å². The lowest BCUT2D eigenvalue weighted by Gasteiger charge is -2.23. The Morgan fingerprint density at radius 2 is 1.97 bits per heavy atom. The fourth-order valence-electron chi connectivity index (χ4n) is 4.10. The summed E-state index contributed by atoms with van der Waals surface area (Å²) in [5, 5.41) is 0.378. The Morgan fingerprint density at radius 1 is 1.26 bits per heavy atom. The first-order chi connectivity index (χ1) is 14.6. The summed E-state index contributed by atoms with van der Waals surface area (Å²) in [6, 6.07) is 8.02. The van der Waals surface area contributed by atoms with Crippen LogP contribution in [0.1, 0.15) is 40.5 Å². The number of aromatic nitrogens is 2. The van der Waals surface area contributed by atoms with E-state index in [0.29, 0.717) is 21.6 Å². The van der Waals surface area contributed by atoms with E-state index in [1.54, 1.807) is 19.9 Å². The van der Waals surface area contributed by atoms with Crippen molar-refractivity contribution >= 4 is 39.0 Å². The van der Waals surface area contributed by atoms with Gasteiger partial charge in [0.05, 0.1) is 5.39 Å². The normalized spacial score (nSPS) is 16.0. The lowest BCUT2D eigenvalue weighted by molar-refractivity contribution is -0.117. The predicted molar refractivity (Wildman–Crippen MR) is 121 cm³/mol. The van der Waals surface area contributed by atoms with Crippen LogP contribution in [-0.2, 0) is 14.9 Å². The van der Waals surface area contributed by atoms with Crippen LogP contribution in [0.25, 0.3) is 10.2 Å². The van der Waals surface area contributed by atoms with E-state index < -0.39 is 5.97 Å². The summed E-state index contributed by atoms with van der Waals surface area (Å²) in [6.07, 6.45) is 1.54. The number of aromatic amines is 1. The maximum Gasteiger partial charge on any atom is 0.349 e. The number of anilines is 1. The first-order valence-corrected chi connectivity index (χ1v) is 10.7. The van der Waals surface area contributed by atoms with Crippen LogP contribution in [0.3, 0.4) is 0 Å². The second-order valence-electron chi connectivity index (χ2n) is 8.16. The molecule has 4 rings (SSSR count). The number of ketones is 1. The molecular weight excluding hydrogens is 414 g/mol. The molecule has 1 aromatic carbocycles. The van der Waals surface area contributed by atoms with Crippen LogP contribution in [0, 0.1) is 13.8 Å². The van der Waals surface area contributed by atoms with Crippen molar-refractivity contribution < 1.29 is 14.3 Å². The van der Waals surface area contributed by atoms with Gasteiger partial charge in [-0.1, -0.05) is 32.0 Å². The van der Waals surface area contributed by atoms with Crippen LogP contribution in [0.5, 0.6) is 0 Å². The number of para-hydroxylation sites is 1. The number of carbonyl (C=O) groups excluding carboxylic acids is 2. The average molecular weight is 438 g/mol. The molecule has 1 aliphatic heterocycles. The number of nitrogens with one attached hydrogen (secondary N) is 1. The first-order valence-electron chi connectivity index (χ1n) is 9.86. The van der Waals surface area contributed by atoms with E-state index >= 15 is 0 Å². The Morgan fingerprint density at radius 3 is 2.68 bits per heavy atom. The monoisotopic (exact) mass is 437 g/mol. The van der Waals surface area contributed by atoms with Crippen LogP contribution in [0.2, 0.25) is 0 Å². The molecule has 0 spiro atoms. The molecule has 0 atom stereocenters. The summed E-state index contributed by atoms with van der Waals surface area (Å²) in [5.41, 5.74) is 2.93. The molecule has 7 nitrogen and oxygen atoms in total. The lowest BCUT2D eigenvalue weighted by Crippen LogP contribution is -2.25. The molecule has 0 unspecified atom stereocenters. The fourth-order valence-corrected chi connectivity index (χ4v) is 5.22. The summed E-state index contributed by atoms with van der Waals surface area (Å²) in [5.74, 6) is -0.460. The van der Waals surface area contributed by atoms with Crippen LogP contribution >= 0.6 is 11.3 Å². The number of benzene rings is 1. The molecule has 1 N–H and O–H groups in total. The molecule has 3 aromatic rings. The number of ether oxygens (including phenoxy) is 1. The number of allylic oxidation sites excluding steroid dienone is 1. The minimum atomic E-state index is -0.633. The van der Waals surface area contributed by atoms with E-state index in [0.717, 1.165) is 28.3 Å². The van der Waals surface area contributed by atoms with Crippen LogP contribution in [0.15, 0.2) is 40.8 Å². The molecule has 2 aromatic heterocycles. The molecule has 0 aliphatic carbocycles. The zero-order valence-corrected chi connectivity index (χ0v) is 18.8. The highest BCUT2D eigenvalue weighted by Crippen LogP contribution is 2.46. The number of carbonyl (C=O) groups is 2. The van der Waals surface area contributed by atoms with Gasteiger partial charge in [0.2, 0.25) is 0 Å². The molecule has 0 fully saturated rings. The molecule has 1 aliphatic rings. The SMILES string of the molecule is Cc1nc2sc(C(=O)OCC(=O)C=C3N(C)c4ccccc4C3(C)C)c(C)c2c(=O)[nH]1. The third-order valence-corrected chi connectivity index (χ3v) is 6.85. The third kappa shape index (κ3) is 3.46. The van der Waals surface area contributed by atoms with Gasteiger partial charge in [0.15, 0.2) is 12.4 Å². The number of thiophene rings is 1. The van der Waals surface area contributed by atoms with Gasteiger partial charge in [-0.25, -0.2) is 9.78 Å². The lowest BCUT2D eigenvalue weighted by atomic mass is 9.83. The largest absolute Gasteiger partial charge is 0.453 e. The fraction of sp³-hybridized carbons (Fsp3) is 0.304. The van der Waals surface area contributed by atoms with Crippen molar-refractivity contribution in [3.63, 3.8) is 0 Å². The topological polar surface area (TPSA) is 92.4 Å². The second-order valence-corrected chi connectivity index (χ2v) is 9.16. The standard InChI is InChI=1S/C23H23N3O4S/c1-12-18-20(28)24-13(2)25-21(18)31-19(12)22(29)30-11-14(27)10-17-23(3,4)15-8-6-7-9-16(15)26(17)5/h6-10H,11H2,1-5H3,(H,24,25,28). The quantitative estimate of drug-likeness (QED) is 0.495. The zero-order chi connectivity index (χ0) is 22.5. The Bertz CT molecular complexity index is 1320. The molecule has 0 saturated heterocycles. The van der Waals surface area contributed by atoms with Crippen molar-refractivity contribution in [3.05, 3.63) is 68.2 Å². The number of hydrogen-bond acceptors (Lipinski definition) is 7. The number of fused-ring (bicyclic) bond motifs is 2. The average Bonchev–Trinajstić information content (AvgIpc) is 3.14. The van der Waals surface area contributed by atoms with E-state index in [1.165, 1.54) is 0 Å². The van der Waals surface area contributed by atoms with Crippen LogP contribution in [-0.4, -0.2) is 35.4 Å². The Labute approximate surface area is 183 Å². The number of aryl methyl sites for hydroxylation is 2. The highest BCUT2D eigenvalue weighted by atomic mass is 32.1. The highest BCUT2D eigenvalue weighted by molar-refractivity contribution is 7.20. The number of likely N-dealkylation sites (N-methyl/N-ethyl adjacent to an activating group) is 1. The van der Waals surface area contributed by atoms with E-state index in [-0.39, 0.29) is 28.2 Å². The molecule has 3 heterocycles. The van der Waals surface area contributed by atoms with Crippen molar-refractivity contribution in [2.24, 2.45) is 0 Å². The van der Waals surface area contributed by atoms with Crippen LogP contribution < -0.4 is 10.5 Å². The summed E-state index contributed by atoms with van der Waals surface area (Å²) in [4.78, 5) is 47.1. The summed E-state index contributed by atoms with van der Waals surface area (Å²) in [7, 11) is 1.92. The Balaban J connectivity index is 1.53. The molecule has 31 heavy (non-hydrogen) atoms. The van der Waals surface area contributed by atoms with E-state index in [9.17, 15) is 14.4 Å². The van der Waals surface area contributed by atoms with E-state index in [4.69, 9.17) is 4.74 Å². The summed E-state index contributed by atoms with van der Waals surface area (Å²) < 4.78 is 5.28. The van der Waals surface area contributed by atoms with Gasteiger partial charge in [0, 0.05) is 29.9 Å². The van der Waals surface area contributed by atoms with Gasteiger partial charge in [-0.05, 0) is 31.0 Å². The minimum absolute atomic E-state index is 0.282. The molecule has 0 bridgehead atoms. The smallest absolute Gasteiger partial charge is 0.349 e. The molecule has 0 amide bonds. The molecule has 0 radical (unpaired) electrons.